The van der Waals surface area contributed by atoms with Crippen molar-refractivity contribution in [3.8, 4) is 0 Å². The summed E-state index contributed by atoms with van der Waals surface area (Å²) in [5.41, 5.74) is 0.824. The summed E-state index contributed by atoms with van der Waals surface area (Å²) < 4.78 is 0.921. The van der Waals surface area contributed by atoms with Crippen molar-refractivity contribution in [2.45, 2.75) is 6.42 Å². The zero-order valence-corrected chi connectivity index (χ0v) is 13.3. The number of halogens is 1. The summed E-state index contributed by atoms with van der Waals surface area (Å²) in [7, 11) is 0. The van der Waals surface area contributed by atoms with Gasteiger partial charge in [-0.15, -0.1) is 0 Å². The Hall–Kier alpha value is -1.93. The number of nitrogens with zero attached hydrogens (tertiary/aromatic N) is 2. The molecule has 1 aliphatic rings. The van der Waals surface area contributed by atoms with Crippen molar-refractivity contribution in [1.82, 2.24) is 15.5 Å². The molecule has 2 amide bonds. The average Bonchev–Trinajstić information content (AvgIpc) is 3.07. The van der Waals surface area contributed by atoms with Gasteiger partial charge in [0.1, 0.15) is 0 Å². The van der Waals surface area contributed by atoms with E-state index < -0.39 is 5.92 Å². The molecule has 1 aromatic heterocycles. The Bertz CT molecular complexity index is 730. The van der Waals surface area contributed by atoms with Crippen LogP contribution in [0.5, 0.6) is 0 Å². The summed E-state index contributed by atoms with van der Waals surface area (Å²) in [5, 5.41) is 19.3. The average molecular weight is 367 g/mol. The second-order valence-corrected chi connectivity index (χ2v) is 6.07. The molecule has 1 aromatic carbocycles. The lowest BCUT2D eigenvalue weighted by molar-refractivity contribution is -0.126. The zero-order chi connectivity index (χ0) is 15.7. The summed E-state index contributed by atoms with van der Waals surface area (Å²) in [6, 6.07) is 5.65. The number of aliphatic hydroxyl groups is 1. The summed E-state index contributed by atoms with van der Waals surface area (Å²) in [5.74, 6) is -0.209. The van der Waals surface area contributed by atoms with Gasteiger partial charge in [-0.05, 0) is 18.2 Å². The topological polar surface area (TPSA) is 98.3 Å². The maximum atomic E-state index is 12.2. The lowest BCUT2D eigenvalue weighted by atomic mass is 10.1. The van der Waals surface area contributed by atoms with E-state index in [2.05, 4.69) is 31.4 Å². The molecular formula is C14H15BrN4O3. The second-order valence-electron chi connectivity index (χ2n) is 5.16. The highest BCUT2D eigenvalue weighted by Gasteiger charge is 2.36. The molecule has 22 heavy (non-hydrogen) atoms. The van der Waals surface area contributed by atoms with Crippen molar-refractivity contribution in [2.75, 3.05) is 24.6 Å². The number of benzene rings is 1. The van der Waals surface area contributed by atoms with Gasteiger partial charge >= 0.3 is 0 Å². The predicted octanol–water partition coefficient (Wildman–Crippen LogP) is 0.787. The van der Waals surface area contributed by atoms with Crippen LogP contribution in [0, 0.1) is 5.92 Å². The molecule has 1 fully saturated rings. The molecule has 116 valence electrons. The number of H-pyrrole nitrogens is 1. The number of aromatic nitrogens is 2. The maximum absolute atomic E-state index is 12.2. The Morgan fingerprint density at radius 1 is 1.55 bits per heavy atom. The van der Waals surface area contributed by atoms with Gasteiger partial charge in [0.15, 0.2) is 5.82 Å². The molecular weight excluding hydrogens is 352 g/mol. The first-order valence-electron chi connectivity index (χ1n) is 6.92. The molecule has 0 bridgehead atoms. The van der Waals surface area contributed by atoms with Crippen LogP contribution >= 0.6 is 15.9 Å². The molecule has 8 heteroatoms. The fourth-order valence-corrected chi connectivity index (χ4v) is 2.96. The van der Waals surface area contributed by atoms with Crippen molar-refractivity contribution >= 4 is 44.5 Å². The monoisotopic (exact) mass is 366 g/mol. The Morgan fingerprint density at radius 3 is 3.14 bits per heavy atom. The van der Waals surface area contributed by atoms with Crippen molar-refractivity contribution in [3.63, 3.8) is 0 Å². The van der Waals surface area contributed by atoms with Gasteiger partial charge in [-0.25, -0.2) is 0 Å². The summed E-state index contributed by atoms with van der Waals surface area (Å²) in [6.45, 7) is 0.379. The quantitative estimate of drug-likeness (QED) is 0.744. The molecule has 3 rings (SSSR count). The third-order valence-corrected chi connectivity index (χ3v) is 4.16. The number of hydrogen-bond donors (Lipinski definition) is 3. The largest absolute Gasteiger partial charge is 0.395 e. The number of carbonyl (C=O) groups excluding carboxylic acids is 2. The Labute approximate surface area is 134 Å². The SMILES string of the molecule is O=C(NCCO)[C@H]1CC(=O)N(c2n[nH]c3cc(Br)ccc23)C1. The van der Waals surface area contributed by atoms with Gasteiger partial charge in [-0.1, -0.05) is 15.9 Å². The minimum atomic E-state index is -0.416. The molecule has 2 aromatic rings. The predicted molar refractivity (Wildman–Crippen MR) is 84.3 cm³/mol. The van der Waals surface area contributed by atoms with Crippen molar-refractivity contribution in [1.29, 1.82) is 0 Å². The van der Waals surface area contributed by atoms with E-state index in [0.29, 0.717) is 12.4 Å². The first-order chi connectivity index (χ1) is 10.6. The van der Waals surface area contributed by atoms with Gasteiger partial charge in [-0.3, -0.25) is 19.6 Å². The molecule has 2 heterocycles. The Kier molecular flexibility index (Phi) is 4.12. The minimum Gasteiger partial charge on any atom is -0.395 e. The molecule has 1 aliphatic heterocycles. The van der Waals surface area contributed by atoms with Crippen LogP contribution in [0.25, 0.3) is 10.9 Å². The molecule has 0 spiro atoms. The van der Waals surface area contributed by atoms with Crippen LogP contribution in [-0.2, 0) is 9.59 Å². The number of aliphatic hydroxyl groups excluding tert-OH is 1. The van der Waals surface area contributed by atoms with E-state index in [-0.39, 0.29) is 31.4 Å². The molecule has 0 saturated carbocycles. The molecule has 0 radical (unpaired) electrons. The number of rotatable bonds is 4. The fourth-order valence-electron chi connectivity index (χ4n) is 2.59. The summed E-state index contributed by atoms with van der Waals surface area (Å²) in [4.78, 5) is 25.7. The lowest BCUT2D eigenvalue weighted by Gasteiger charge is -2.14. The number of anilines is 1. The summed E-state index contributed by atoms with van der Waals surface area (Å²) >= 11 is 3.39. The number of nitrogens with one attached hydrogen (secondary N) is 2. The molecule has 1 saturated heterocycles. The van der Waals surface area contributed by atoms with Crippen LogP contribution in [0.4, 0.5) is 5.82 Å². The number of carbonyl (C=O) groups is 2. The van der Waals surface area contributed by atoms with Gasteiger partial charge in [0.25, 0.3) is 0 Å². The van der Waals surface area contributed by atoms with E-state index in [1.54, 1.807) is 0 Å². The van der Waals surface area contributed by atoms with Gasteiger partial charge < -0.3 is 10.4 Å². The molecule has 0 unspecified atom stereocenters. The number of aromatic amines is 1. The fraction of sp³-hybridized carbons (Fsp3) is 0.357. The van der Waals surface area contributed by atoms with E-state index >= 15 is 0 Å². The van der Waals surface area contributed by atoms with Gasteiger partial charge in [0.05, 0.1) is 18.0 Å². The smallest absolute Gasteiger partial charge is 0.229 e. The first-order valence-corrected chi connectivity index (χ1v) is 7.72. The number of hydrogen-bond acceptors (Lipinski definition) is 4. The van der Waals surface area contributed by atoms with Crippen molar-refractivity contribution in [2.24, 2.45) is 5.92 Å². The highest BCUT2D eigenvalue weighted by molar-refractivity contribution is 9.10. The van der Waals surface area contributed by atoms with Crippen molar-refractivity contribution < 1.29 is 14.7 Å². The van der Waals surface area contributed by atoms with E-state index in [1.807, 2.05) is 18.2 Å². The highest BCUT2D eigenvalue weighted by atomic mass is 79.9. The van der Waals surface area contributed by atoms with Gasteiger partial charge in [-0.2, -0.15) is 5.10 Å². The van der Waals surface area contributed by atoms with E-state index in [4.69, 9.17) is 5.11 Å². The number of fused-ring (bicyclic) bond motifs is 1. The van der Waals surface area contributed by atoms with Crippen LogP contribution in [-0.4, -0.2) is 46.8 Å². The minimum absolute atomic E-state index is 0.116. The maximum Gasteiger partial charge on any atom is 0.229 e. The standard InChI is InChI=1S/C14H15BrN4O3/c15-9-1-2-10-11(6-9)17-18-13(10)19-7-8(5-12(19)21)14(22)16-3-4-20/h1-2,6,8,20H,3-5,7H2,(H,16,22)(H,17,18)/t8-/m0/s1. The van der Waals surface area contributed by atoms with E-state index in [9.17, 15) is 9.59 Å². The Morgan fingerprint density at radius 2 is 2.36 bits per heavy atom. The van der Waals surface area contributed by atoms with Gasteiger partial charge in [0.2, 0.25) is 11.8 Å². The molecule has 7 nitrogen and oxygen atoms in total. The third-order valence-electron chi connectivity index (χ3n) is 3.67. The molecule has 1 atom stereocenters. The Balaban J connectivity index is 1.82. The van der Waals surface area contributed by atoms with E-state index in [1.165, 1.54) is 4.90 Å². The second kappa shape index (κ2) is 6.05. The van der Waals surface area contributed by atoms with Gasteiger partial charge in [0, 0.05) is 29.4 Å². The van der Waals surface area contributed by atoms with E-state index in [0.717, 1.165) is 15.4 Å². The highest BCUT2D eigenvalue weighted by Crippen LogP contribution is 2.31. The third kappa shape index (κ3) is 2.71. The zero-order valence-electron chi connectivity index (χ0n) is 11.7. The van der Waals surface area contributed by atoms with Crippen LogP contribution in [0.2, 0.25) is 0 Å². The molecule has 0 aliphatic carbocycles. The van der Waals surface area contributed by atoms with Crippen LogP contribution in [0.3, 0.4) is 0 Å². The van der Waals surface area contributed by atoms with Crippen LogP contribution in [0.1, 0.15) is 6.42 Å². The number of amides is 2. The van der Waals surface area contributed by atoms with Crippen LogP contribution < -0.4 is 10.2 Å². The first kappa shape index (κ1) is 15.0. The lowest BCUT2D eigenvalue weighted by Crippen LogP contribution is -2.34. The van der Waals surface area contributed by atoms with Crippen molar-refractivity contribution in [3.05, 3.63) is 22.7 Å². The summed E-state index contributed by atoms with van der Waals surface area (Å²) in [6.07, 6.45) is 0.155. The van der Waals surface area contributed by atoms with Crippen LogP contribution in [0.15, 0.2) is 22.7 Å². The molecule has 3 N–H and O–H groups in total. The normalized spacial score (nSPS) is 18.2.